The summed E-state index contributed by atoms with van der Waals surface area (Å²) in [6, 6.07) is 3.66. The first-order valence-corrected chi connectivity index (χ1v) is 6.90. The molecule has 0 aliphatic heterocycles. The van der Waals surface area contributed by atoms with Crippen LogP contribution >= 0.6 is 11.3 Å². The number of amides is 2. The molecule has 2 amide bonds. The highest BCUT2D eigenvalue weighted by molar-refractivity contribution is 7.13. The first kappa shape index (κ1) is 16.2. The highest BCUT2D eigenvalue weighted by atomic mass is 32.1. The van der Waals surface area contributed by atoms with Gasteiger partial charge in [-0.3, -0.25) is 5.32 Å². The van der Waals surface area contributed by atoms with Crippen LogP contribution in [0.1, 0.15) is 17.2 Å². The third kappa shape index (κ3) is 4.40. The minimum absolute atomic E-state index is 0.0611. The predicted molar refractivity (Wildman–Crippen MR) is 73.3 cm³/mol. The molecule has 10 heteroatoms. The molecule has 1 aromatic carbocycles. The number of anilines is 1. The average molecular weight is 332 g/mol. The molecular weight excluding hydrogens is 321 g/mol. The molecule has 1 heterocycles. The summed E-state index contributed by atoms with van der Waals surface area (Å²) < 4.78 is 37.8. The zero-order chi connectivity index (χ0) is 16.2. The van der Waals surface area contributed by atoms with Gasteiger partial charge in [0, 0.05) is 6.54 Å². The van der Waals surface area contributed by atoms with Gasteiger partial charge in [0.25, 0.3) is 0 Å². The second kappa shape index (κ2) is 6.71. The number of urea groups is 1. The molecule has 3 N–H and O–H groups in total. The molecule has 0 unspecified atom stereocenters. The van der Waals surface area contributed by atoms with Crippen LogP contribution in [0.15, 0.2) is 29.8 Å². The average Bonchev–Trinajstić information content (AvgIpc) is 2.97. The van der Waals surface area contributed by atoms with Gasteiger partial charge in [-0.05, 0) is 17.7 Å². The summed E-state index contributed by atoms with van der Waals surface area (Å²) in [7, 11) is 0. The number of rotatable bonds is 4. The first-order valence-electron chi connectivity index (χ1n) is 6.02. The molecule has 2 aromatic rings. The molecule has 0 aliphatic rings. The lowest BCUT2D eigenvalue weighted by molar-refractivity contribution is -0.137. The number of hydrogen-bond donors (Lipinski definition) is 3. The quantitative estimate of drug-likeness (QED) is 0.802. The highest BCUT2D eigenvalue weighted by Crippen LogP contribution is 2.30. The van der Waals surface area contributed by atoms with E-state index in [4.69, 9.17) is 0 Å². The third-order valence-electron chi connectivity index (χ3n) is 2.64. The van der Waals surface area contributed by atoms with Crippen molar-refractivity contribution in [3.63, 3.8) is 0 Å². The molecule has 0 radical (unpaired) electrons. The summed E-state index contributed by atoms with van der Waals surface area (Å²) in [5.41, 5.74) is 0.626. The summed E-state index contributed by atoms with van der Waals surface area (Å²) in [5, 5.41) is 21.9. The Kier molecular flexibility index (Phi) is 4.93. The molecule has 0 bridgehead atoms. The fourth-order valence-corrected chi connectivity index (χ4v) is 2.04. The van der Waals surface area contributed by atoms with Gasteiger partial charge in [-0.15, -0.1) is 10.2 Å². The van der Waals surface area contributed by atoms with Crippen LogP contribution < -0.4 is 10.6 Å². The summed E-state index contributed by atoms with van der Waals surface area (Å²) in [6.07, 6.45) is -5.75. The Balaban J connectivity index is 1.92. The second-order valence-corrected chi connectivity index (χ2v) is 5.05. The molecule has 0 fully saturated rings. The van der Waals surface area contributed by atoms with Gasteiger partial charge in [0.2, 0.25) is 5.13 Å². The van der Waals surface area contributed by atoms with Crippen LogP contribution in [0.5, 0.6) is 0 Å². The van der Waals surface area contributed by atoms with Crippen molar-refractivity contribution >= 4 is 22.5 Å². The molecule has 0 saturated heterocycles. The van der Waals surface area contributed by atoms with E-state index in [0.29, 0.717) is 0 Å². The van der Waals surface area contributed by atoms with E-state index in [2.05, 4.69) is 20.8 Å². The summed E-state index contributed by atoms with van der Waals surface area (Å²) in [5.74, 6) is 0. The van der Waals surface area contributed by atoms with Crippen LogP contribution in [0.3, 0.4) is 0 Å². The number of carbonyl (C=O) groups excluding carboxylic acids is 1. The van der Waals surface area contributed by atoms with Gasteiger partial charge in [-0.1, -0.05) is 23.5 Å². The van der Waals surface area contributed by atoms with Crippen LogP contribution in [0.4, 0.5) is 23.1 Å². The standard InChI is InChI=1S/C12H11F3N4O2S/c13-12(14,15)8-3-1-2-7(4-8)9(20)5-16-10(21)18-11-19-17-6-22-11/h1-4,6,9,20H,5H2,(H2,16,18,19,21)/t9-/m1/s1. The number of halogens is 3. The van der Waals surface area contributed by atoms with E-state index in [1.807, 2.05) is 0 Å². The fourth-order valence-electron chi connectivity index (χ4n) is 1.60. The maximum absolute atomic E-state index is 12.6. The van der Waals surface area contributed by atoms with Gasteiger partial charge in [-0.25, -0.2) is 4.79 Å². The minimum atomic E-state index is -4.49. The Morgan fingerprint density at radius 3 is 2.82 bits per heavy atom. The molecule has 1 aromatic heterocycles. The fraction of sp³-hybridized carbons (Fsp3) is 0.250. The Bertz CT molecular complexity index is 634. The summed E-state index contributed by atoms with van der Waals surface area (Å²) in [4.78, 5) is 11.5. The lowest BCUT2D eigenvalue weighted by Gasteiger charge is -2.14. The number of alkyl halides is 3. The van der Waals surface area contributed by atoms with Crippen molar-refractivity contribution in [3.05, 3.63) is 40.9 Å². The zero-order valence-electron chi connectivity index (χ0n) is 11.0. The number of aliphatic hydroxyl groups excluding tert-OH is 1. The van der Waals surface area contributed by atoms with Gasteiger partial charge in [0.1, 0.15) is 5.51 Å². The molecule has 0 spiro atoms. The van der Waals surface area contributed by atoms with Crippen LogP contribution in [0.2, 0.25) is 0 Å². The van der Waals surface area contributed by atoms with Crippen molar-refractivity contribution in [1.82, 2.24) is 15.5 Å². The van der Waals surface area contributed by atoms with Crippen molar-refractivity contribution in [2.24, 2.45) is 0 Å². The molecular formula is C12H11F3N4O2S. The SMILES string of the molecule is O=C(NC[C@@H](O)c1cccc(C(F)(F)F)c1)Nc1nncs1. The third-order valence-corrected chi connectivity index (χ3v) is 3.24. The maximum Gasteiger partial charge on any atom is 0.416 e. The molecule has 0 aliphatic carbocycles. The molecule has 1 atom stereocenters. The molecule has 0 saturated carbocycles. The number of carbonyl (C=O) groups is 1. The van der Waals surface area contributed by atoms with Crippen LogP contribution in [0.25, 0.3) is 0 Å². The monoisotopic (exact) mass is 332 g/mol. The number of nitrogens with zero attached hydrogens (tertiary/aromatic N) is 2. The normalized spacial score (nSPS) is 12.7. The number of benzene rings is 1. The van der Waals surface area contributed by atoms with Gasteiger partial charge in [-0.2, -0.15) is 13.2 Å². The van der Waals surface area contributed by atoms with E-state index in [0.717, 1.165) is 23.5 Å². The van der Waals surface area contributed by atoms with Crippen molar-refractivity contribution in [2.75, 3.05) is 11.9 Å². The van der Waals surface area contributed by atoms with E-state index in [1.165, 1.54) is 17.6 Å². The Morgan fingerprint density at radius 1 is 1.41 bits per heavy atom. The van der Waals surface area contributed by atoms with Crippen molar-refractivity contribution in [2.45, 2.75) is 12.3 Å². The number of aliphatic hydroxyl groups is 1. The topological polar surface area (TPSA) is 87.1 Å². The van der Waals surface area contributed by atoms with Gasteiger partial charge in [0.15, 0.2) is 0 Å². The van der Waals surface area contributed by atoms with Crippen LogP contribution in [-0.2, 0) is 6.18 Å². The van der Waals surface area contributed by atoms with Crippen molar-refractivity contribution < 1.29 is 23.1 Å². The molecule has 6 nitrogen and oxygen atoms in total. The van der Waals surface area contributed by atoms with E-state index in [1.54, 1.807) is 0 Å². The Morgan fingerprint density at radius 2 is 2.18 bits per heavy atom. The Labute approximate surface area is 127 Å². The lowest BCUT2D eigenvalue weighted by Crippen LogP contribution is -2.32. The number of hydrogen-bond acceptors (Lipinski definition) is 5. The van der Waals surface area contributed by atoms with Crippen molar-refractivity contribution in [1.29, 1.82) is 0 Å². The first-order chi connectivity index (χ1) is 10.4. The van der Waals surface area contributed by atoms with E-state index in [-0.39, 0.29) is 17.2 Å². The second-order valence-electron chi connectivity index (χ2n) is 4.22. The summed E-state index contributed by atoms with van der Waals surface area (Å²) >= 11 is 1.10. The van der Waals surface area contributed by atoms with Crippen LogP contribution in [0, 0.1) is 0 Å². The van der Waals surface area contributed by atoms with E-state index >= 15 is 0 Å². The Hall–Kier alpha value is -2.20. The van der Waals surface area contributed by atoms with E-state index < -0.39 is 23.9 Å². The smallest absolute Gasteiger partial charge is 0.387 e. The minimum Gasteiger partial charge on any atom is -0.387 e. The molecule has 2 rings (SSSR count). The molecule has 22 heavy (non-hydrogen) atoms. The molecule has 118 valence electrons. The summed E-state index contributed by atoms with van der Waals surface area (Å²) in [6.45, 7) is -0.244. The van der Waals surface area contributed by atoms with Gasteiger partial charge in [0.05, 0.1) is 11.7 Å². The van der Waals surface area contributed by atoms with Crippen LogP contribution in [-0.4, -0.2) is 27.9 Å². The number of nitrogens with one attached hydrogen (secondary N) is 2. The number of aromatic nitrogens is 2. The largest absolute Gasteiger partial charge is 0.416 e. The van der Waals surface area contributed by atoms with Gasteiger partial charge >= 0.3 is 12.2 Å². The van der Waals surface area contributed by atoms with Crippen molar-refractivity contribution in [3.8, 4) is 0 Å². The highest BCUT2D eigenvalue weighted by Gasteiger charge is 2.30. The van der Waals surface area contributed by atoms with E-state index in [9.17, 15) is 23.1 Å². The maximum atomic E-state index is 12.6. The zero-order valence-corrected chi connectivity index (χ0v) is 11.8. The predicted octanol–water partition coefficient (Wildman–Crippen LogP) is 2.41. The van der Waals surface area contributed by atoms with Gasteiger partial charge < -0.3 is 10.4 Å². The lowest BCUT2D eigenvalue weighted by atomic mass is 10.1.